The number of fused-ring (bicyclic) bond motifs is 1. The van der Waals surface area contributed by atoms with Gasteiger partial charge in [0, 0.05) is 39.9 Å². The Kier molecular flexibility index (Phi) is 5.07. The van der Waals surface area contributed by atoms with Crippen LogP contribution in [0.4, 0.5) is 10.5 Å². The molecule has 4 rings (SSSR count). The number of aromatic nitrogens is 2. The Hall–Kier alpha value is -3.93. The Balaban J connectivity index is 1.52. The molecule has 29 heavy (non-hydrogen) atoms. The minimum Gasteiger partial charge on any atom is -0.318 e. The Morgan fingerprint density at radius 1 is 1.03 bits per heavy atom. The van der Waals surface area contributed by atoms with E-state index >= 15 is 0 Å². The van der Waals surface area contributed by atoms with Crippen molar-refractivity contribution >= 4 is 28.8 Å². The molecule has 2 aromatic heterocycles. The van der Waals surface area contributed by atoms with Crippen molar-refractivity contribution < 1.29 is 4.79 Å². The fourth-order valence-electron chi connectivity index (χ4n) is 3.36. The van der Waals surface area contributed by atoms with Crippen LogP contribution in [0.5, 0.6) is 0 Å². The number of benzene rings is 2. The van der Waals surface area contributed by atoms with Gasteiger partial charge in [0.2, 0.25) is 0 Å². The molecule has 0 atom stereocenters. The van der Waals surface area contributed by atoms with Crippen molar-refractivity contribution in [3.8, 4) is 5.69 Å². The first-order valence-electron chi connectivity index (χ1n) is 9.31. The zero-order valence-corrected chi connectivity index (χ0v) is 16.3. The lowest BCUT2D eigenvalue weighted by Crippen LogP contribution is -2.24. The zero-order chi connectivity index (χ0) is 20.2. The first kappa shape index (κ1) is 18.4. The van der Waals surface area contributed by atoms with Gasteiger partial charge in [-0.05, 0) is 56.3 Å². The van der Waals surface area contributed by atoms with Gasteiger partial charge in [-0.25, -0.2) is 10.2 Å². The van der Waals surface area contributed by atoms with Gasteiger partial charge >= 0.3 is 6.03 Å². The molecule has 0 aliphatic rings. The van der Waals surface area contributed by atoms with Crippen molar-refractivity contribution in [3.63, 3.8) is 0 Å². The standard InChI is InChI=1S/C23H21N5O/c1-16-13-19(15-25-27-23(29)26-20-8-4-3-5-9-20)17(2)28(16)21-10-11-22-18(14-21)7-6-12-24-22/h3-15H,1-2H3,(H2,26,27,29)/b25-15+. The highest BCUT2D eigenvalue weighted by molar-refractivity contribution is 5.90. The largest absolute Gasteiger partial charge is 0.339 e. The lowest BCUT2D eigenvalue weighted by Gasteiger charge is -2.10. The number of para-hydroxylation sites is 1. The van der Waals surface area contributed by atoms with Crippen LogP contribution in [-0.4, -0.2) is 21.8 Å². The van der Waals surface area contributed by atoms with Gasteiger partial charge in [0.15, 0.2) is 0 Å². The SMILES string of the molecule is Cc1cc(/C=N/NC(=O)Nc2ccccc2)c(C)n1-c1ccc2ncccc2c1. The van der Waals surface area contributed by atoms with Gasteiger partial charge < -0.3 is 9.88 Å². The van der Waals surface area contributed by atoms with E-state index in [0.717, 1.165) is 33.5 Å². The van der Waals surface area contributed by atoms with Gasteiger partial charge in [-0.2, -0.15) is 5.10 Å². The van der Waals surface area contributed by atoms with Crippen molar-refractivity contribution in [1.29, 1.82) is 0 Å². The number of hydrogen-bond acceptors (Lipinski definition) is 3. The predicted molar refractivity (Wildman–Crippen MR) is 117 cm³/mol. The number of anilines is 1. The number of hydrazone groups is 1. The molecule has 4 aromatic rings. The van der Waals surface area contributed by atoms with Crippen LogP contribution in [0.2, 0.25) is 0 Å². The maximum Gasteiger partial charge on any atom is 0.339 e. The molecule has 0 spiro atoms. The van der Waals surface area contributed by atoms with Crippen LogP contribution >= 0.6 is 0 Å². The van der Waals surface area contributed by atoms with Gasteiger partial charge in [-0.15, -0.1) is 0 Å². The zero-order valence-electron chi connectivity index (χ0n) is 16.3. The van der Waals surface area contributed by atoms with E-state index in [1.165, 1.54) is 0 Å². The van der Waals surface area contributed by atoms with Crippen LogP contribution < -0.4 is 10.7 Å². The first-order valence-corrected chi connectivity index (χ1v) is 9.31. The number of pyridine rings is 1. The van der Waals surface area contributed by atoms with Gasteiger partial charge in [-0.3, -0.25) is 4.98 Å². The molecule has 0 unspecified atom stereocenters. The maximum atomic E-state index is 12.0. The van der Waals surface area contributed by atoms with E-state index in [4.69, 9.17) is 0 Å². The number of hydrogen-bond donors (Lipinski definition) is 2. The van der Waals surface area contributed by atoms with Crippen LogP contribution in [0.1, 0.15) is 17.0 Å². The second-order valence-electron chi connectivity index (χ2n) is 6.73. The van der Waals surface area contributed by atoms with Crippen LogP contribution in [0.15, 0.2) is 78.0 Å². The molecule has 0 bridgehead atoms. The summed E-state index contributed by atoms with van der Waals surface area (Å²) in [5, 5.41) is 7.90. The van der Waals surface area contributed by atoms with E-state index < -0.39 is 0 Å². The molecule has 2 N–H and O–H groups in total. The van der Waals surface area contributed by atoms with Crippen LogP contribution in [0, 0.1) is 13.8 Å². The smallest absolute Gasteiger partial charge is 0.318 e. The number of urea groups is 1. The Labute approximate surface area is 168 Å². The monoisotopic (exact) mass is 383 g/mol. The molecular weight excluding hydrogens is 362 g/mol. The molecule has 2 heterocycles. The molecule has 6 nitrogen and oxygen atoms in total. The van der Waals surface area contributed by atoms with Gasteiger partial charge in [0.1, 0.15) is 0 Å². The summed E-state index contributed by atoms with van der Waals surface area (Å²) < 4.78 is 2.16. The molecule has 0 radical (unpaired) electrons. The second kappa shape index (κ2) is 7.98. The summed E-state index contributed by atoms with van der Waals surface area (Å²) in [6.45, 7) is 4.08. The summed E-state index contributed by atoms with van der Waals surface area (Å²) in [6, 6.07) is 21.1. The maximum absolute atomic E-state index is 12.0. The topological polar surface area (TPSA) is 71.3 Å². The van der Waals surface area contributed by atoms with E-state index in [-0.39, 0.29) is 6.03 Å². The minimum absolute atomic E-state index is 0.386. The number of aryl methyl sites for hydroxylation is 1. The summed E-state index contributed by atoms with van der Waals surface area (Å²) in [4.78, 5) is 16.3. The average Bonchev–Trinajstić information content (AvgIpc) is 3.01. The molecular formula is C23H21N5O. The van der Waals surface area contributed by atoms with Gasteiger partial charge in [0.25, 0.3) is 0 Å². The number of carbonyl (C=O) groups excluding carboxylic acids is 1. The highest BCUT2D eigenvalue weighted by atomic mass is 16.2. The van der Waals surface area contributed by atoms with E-state index in [2.05, 4.69) is 43.6 Å². The van der Waals surface area contributed by atoms with Crippen molar-refractivity contribution in [2.75, 3.05) is 5.32 Å². The molecule has 0 saturated carbocycles. The van der Waals surface area contributed by atoms with Gasteiger partial charge in [-0.1, -0.05) is 24.3 Å². The second-order valence-corrected chi connectivity index (χ2v) is 6.73. The van der Waals surface area contributed by atoms with E-state index in [9.17, 15) is 4.79 Å². The summed E-state index contributed by atoms with van der Waals surface area (Å²) in [7, 11) is 0. The summed E-state index contributed by atoms with van der Waals surface area (Å²) in [5.74, 6) is 0. The van der Waals surface area contributed by atoms with E-state index in [0.29, 0.717) is 5.69 Å². The number of amides is 2. The van der Waals surface area contributed by atoms with Crippen molar-refractivity contribution in [2.24, 2.45) is 5.10 Å². The number of nitrogens with zero attached hydrogens (tertiary/aromatic N) is 3. The number of rotatable bonds is 4. The average molecular weight is 383 g/mol. The normalized spacial score (nSPS) is 11.1. The summed E-state index contributed by atoms with van der Waals surface area (Å²) in [5.41, 5.74) is 8.31. The molecule has 2 aromatic carbocycles. The molecule has 144 valence electrons. The predicted octanol–water partition coefficient (Wildman–Crippen LogP) is 4.80. The van der Waals surface area contributed by atoms with Crippen molar-refractivity contribution in [1.82, 2.24) is 15.0 Å². The molecule has 0 aliphatic carbocycles. The van der Waals surface area contributed by atoms with Gasteiger partial charge in [0.05, 0.1) is 11.7 Å². The summed E-state index contributed by atoms with van der Waals surface area (Å²) in [6.07, 6.45) is 3.45. The molecule has 0 saturated heterocycles. The Bertz CT molecular complexity index is 1190. The number of carbonyl (C=O) groups is 1. The third-order valence-electron chi connectivity index (χ3n) is 4.72. The molecule has 2 amide bonds. The lowest BCUT2D eigenvalue weighted by molar-refractivity contribution is 0.252. The fourth-order valence-corrected chi connectivity index (χ4v) is 3.36. The highest BCUT2D eigenvalue weighted by Gasteiger charge is 2.10. The Morgan fingerprint density at radius 2 is 1.86 bits per heavy atom. The van der Waals surface area contributed by atoms with E-state index in [1.54, 1.807) is 12.4 Å². The van der Waals surface area contributed by atoms with Crippen LogP contribution in [0.25, 0.3) is 16.6 Å². The quantitative estimate of drug-likeness (QED) is 0.393. The fraction of sp³-hybridized carbons (Fsp3) is 0.0870. The minimum atomic E-state index is -0.386. The number of nitrogens with one attached hydrogen (secondary N) is 2. The van der Waals surface area contributed by atoms with Crippen molar-refractivity contribution in [3.05, 3.63) is 89.9 Å². The van der Waals surface area contributed by atoms with E-state index in [1.807, 2.05) is 62.4 Å². The van der Waals surface area contributed by atoms with Crippen molar-refractivity contribution in [2.45, 2.75) is 13.8 Å². The molecule has 6 heteroatoms. The van der Waals surface area contributed by atoms with Crippen LogP contribution in [-0.2, 0) is 0 Å². The Morgan fingerprint density at radius 3 is 2.69 bits per heavy atom. The van der Waals surface area contributed by atoms with Crippen LogP contribution in [0.3, 0.4) is 0 Å². The molecule has 0 aliphatic heterocycles. The summed E-state index contributed by atoms with van der Waals surface area (Å²) >= 11 is 0. The molecule has 0 fully saturated rings. The first-order chi connectivity index (χ1) is 14.1. The third kappa shape index (κ3) is 4.01. The third-order valence-corrected chi connectivity index (χ3v) is 4.72. The lowest BCUT2D eigenvalue weighted by atomic mass is 10.2. The highest BCUT2D eigenvalue weighted by Crippen LogP contribution is 2.22.